The maximum Gasteiger partial charge on any atom is 0.315 e. The highest BCUT2D eigenvalue weighted by Crippen LogP contribution is 2.16. The third-order valence-electron chi connectivity index (χ3n) is 3.37. The van der Waals surface area contributed by atoms with Gasteiger partial charge in [-0.25, -0.2) is 4.79 Å². The molecule has 0 fully saturated rings. The fourth-order valence-corrected chi connectivity index (χ4v) is 1.68. The molecule has 18 heavy (non-hydrogen) atoms. The van der Waals surface area contributed by atoms with Gasteiger partial charge >= 0.3 is 6.03 Å². The van der Waals surface area contributed by atoms with E-state index in [9.17, 15) is 4.79 Å². The minimum atomic E-state index is -0.102. The molecule has 0 saturated carbocycles. The molecule has 0 aliphatic rings. The van der Waals surface area contributed by atoms with E-state index in [0.717, 1.165) is 12.0 Å². The number of rotatable bonds is 4. The lowest BCUT2D eigenvalue weighted by molar-refractivity contribution is 0.234. The molecule has 3 heteroatoms. The van der Waals surface area contributed by atoms with Gasteiger partial charge in [0.25, 0.3) is 0 Å². The van der Waals surface area contributed by atoms with E-state index in [-0.39, 0.29) is 18.1 Å². The molecule has 0 aromatic heterocycles. The van der Waals surface area contributed by atoms with E-state index in [1.165, 1.54) is 11.1 Å². The van der Waals surface area contributed by atoms with Crippen molar-refractivity contribution in [3.8, 4) is 0 Å². The molecule has 0 radical (unpaired) electrons. The molecule has 1 aromatic rings. The van der Waals surface area contributed by atoms with Crippen molar-refractivity contribution >= 4 is 6.03 Å². The molecular weight excluding hydrogens is 224 g/mol. The smallest absolute Gasteiger partial charge is 0.315 e. The number of carbonyl (C=O) groups is 1. The Kier molecular flexibility index (Phi) is 5.20. The van der Waals surface area contributed by atoms with E-state index in [1.54, 1.807) is 0 Å². The number of hydrogen-bond acceptors (Lipinski definition) is 1. The monoisotopic (exact) mass is 248 g/mol. The van der Waals surface area contributed by atoms with Crippen LogP contribution in [0.1, 0.15) is 49.9 Å². The van der Waals surface area contributed by atoms with Crippen molar-refractivity contribution in [2.24, 2.45) is 0 Å². The fourth-order valence-electron chi connectivity index (χ4n) is 1.68. The number of carbonyl (C=O) groups excluding carboxylic acids is 1. The standard InChI is InChI=1S/C15H24N2O/c1-6-12(4)16-15(18)17-13(5)14-8-7-10(2)11(3)9-14/h7-9,12-13H,6H2,1-5H3,(H2,16,17,18)/t12-,13-/m1/s1. The summed E-state index contributed by atoms with van der Waals surface area (Å²) in [5, 5.41) is 5.86. The minimum Gasteiger partial charge on any atom is -0.336 e. The molecule has 2 N–H and O–H groups in total. The zero-order valence-corrected chi connectivity index (χ0v) is 12.0. The van der Waals surface area contributed by atoms with Gasteiger partial charge in [0.05, 0.1) is 6.04 Å². The van der Waals surface area contributed by atoms with Gasteiger partial charge in [0.2, 0.25) is 0 Å². The van der Waals surface area contributed by atoms with E-state index in [4.69, 9.17) is 0 Å². The van der Waals surface area contributed by atoms with Gasteiger partial charge in [-0.05, 0) is 50.8 Å². The number of benzene rings is 1. The zero-order chi connectivity index (χ0) is 13.7. The Hall–Kier alpha value is -1.51. The number of amides is 2. The average molecular weight is 248 g/mol. The second-order valence-corrected chi connectivity index (χ2v) is 4.99. The molecule has 2 amide bonds. The van der Waals surface area contributed by atoms with Gasteiger partial charge in [0, 0.05) is 6.04 Å². The Morgan fingerprint density at radius 1 is 1.17 bits per heavy atom. The van der Waals surface area contributed by atoms with Crippen LogP contribution >= 0.6 is 0 Å². The normalized spacial score (nSPS) is 13.8. The summed E-state index contributed by atoms with van der Waals surface area (Å²) in [5.41, 5.74) is 3.66. The SMILES string of the molecule is CC[C@@H](C)NC(=O)N[C@H](C)c1ccc(C)c(C)c1. The van der Waals surface area contributed by atoms with Crippen LogP contribution < -0.4 is 10.6 Å². The van der Waals surface area contributed by atoms with Crippen LogP contribution in [0.4, 0.5) is 4.79 Å². The van der Waals surface area contributed by atoms with Crippen LogP contribution in [0.15, 0.2) is 18.2 Å². The van der Waals surface area contributed by atoms with E-state index in [1.807, 2.05) is 13.8 Å². The third-order valence-corrected chi connectivity index (χ3v) is 3.37. The van der Waals surface area contributed by atoms with Crippen molar-refractivity contribution in [2.45, 2.75) is 53.1 Å². The van der Waals surface area contributed by atoms with Crippen LogP contribution in [0.5, 0.6) is 0 Å². The molecule has 2 atom stereocenters. The van der Waals surface area contributed by atoms with Crippen LogP contribution in [-0.2, 0) is 0 Å². The number of urea groups is 1. The summed E-state index contributed by atoms with van der Waals surface area (Å²) < 4.78 is 0. The predicted molar refractivity (Wildman–Crippen MR) is 75.8 cm³/mol. The number of aryl methyl sites for hydroxylation is 2. The lowest BCUT2D eigenvalue weighted by Crippen LogP contribution is -2.41. The first-order valence-corrected chi connectivity index (χ1v) is 6.58. The Morgan fingerprint density at radius 2 is 1.83 bits per heavy atom. The lowest BCUT2D eigenvalue weighted by Gasteiger charge is -2.18. The molecule has 1 rings (SSSR count). The quantitative estimate of drug-likeness (QED) is 0.841. The summed E-state index contributed by atoms with van der Waals surface area (Å²) in [5.74, 6) is 0. The Bertz CT molecular complexity index is 415. The maximum absolute atomic E-state index is 11.7. The van der Waals surface area contributed by atoms with Gasteiger partial charge in [-0.2, -0.15) is 0 Å². The summed E-state index contributed by atoms with van der Waals surface area (Å²) in [6, 6.07) is 6.41. The fraction of sp³-hybridized carbons (Fsp3) is 0.533. The Labute approximate surface area is 110 Å². The number of hydrogen-bond donors (Lipinski definition) is 2. The van der Waals surface area contributed by atoms with Gasteiger partial charge in [0.1, 0.15) is 0 Å². The van der Waals surface area contributed by atoms with Crippen molar-refractivity contribution < 1.29 is 4.79 Å². The molecule has 0 spiro atoms. The van der Waals surface area contributed by atoms with Crippen LogP contribution in [0, 0.1) is 13.8 Å². The first kappa shape index (κ1) is 14.6. The average Bonchev–Trinajstić information content (AvgIpc) is 2.32. The number of nitrogens with one attached hydrogen (secondary N) is 2. The summed E-state index contributed by atoms with van der Waals surface area (Å²) in [4.78, 5) is 11.7. The highest BCUT2D eigenvalue weighted by molar-refractivity contribution is 5.74. The van der Waals surface area contributed by atoms with Crippen molar-refractivity contribution in [3.63, 3.8) is 0 Å². The van der Waals surface area contributed by atoms with E-state index >= 15 is 0 Å². The topological polar surface area (TPSA) is 41.1 Å². The van der Waals surface area contributed by atoms with Crippen molar-refractivity contribution in [1.82, 2.24) is 10.6 Å². The first-order chi connectivity index (χ1) is 8.43. The Morgan fingerprint density at radius 3 is 2.39 bits per heavy atom. The second kappa shape index (κ2) is 6.43. The Balaban J connectivity index is 2.62. The van der Waals surface area contributed by atoms with Crippen molar-refractivity contribution in [1.29, 1.82) is 0 Å². The molecule has 0 saturated heterocycles. The largest absolute Gasteiger partial charge is 0.336 e. The maximum atomic E-state index is 11.7. The van der Waals surface area contributed by atoms with Crippen LogP contribution in [-0.4, -0.2) is 12.1 Å². The lowest BCUT2D eigenvalue weighted by atomic mass is 10.0. The van der Waals surface area contributed by atoms with E-state index in [2.05, 4.69) is 49.6 Å². The van der Waals surface area contributed by atoms with Gasteiger partial charge in [-0.3, -0.25) is 0 Å². The predicted octanol–water partition coefficient (Wildman–Crippen LogP) is 3.46. The van der Waals surface area contributed by atoms with Crippen LogP contribution in [0.2, 0.25) is 0 Å². The summed E-state index contributed by atoms with van der Waals surface area (Å²) in [7, 11) is 0. The van der Waals surface area contributed by atoms with Crippen LogP contribution in [0.25, 0.3) is 0 Å². The highest BCUT2D eigenvalue weighted by Gasteiger charge is 2.11. The zero-order valence-electron chi connectivity index (χ0n) is 12.0. The van der Waals surface area contributed by atoms with E-state index < -0.39 is 0 Å². The van der Waals surface area contributed by atoms with Gasteiger partial charge in [-0.15, -0.1) is 0 Å². The highest BCUT2D eigenvalue weighted by atomic mass is 16.2. The molecule has 0 heterocycles. The van der Waals surface area contributed by atoms with Crippen LogP contribution in [0.3, 0.4) is 0 Å². The van der Waals surface area contributed by atoms with Crippen molar-refractivity contribution in [2.75, 3.05) is 0 Å². The van der Waals surface area contributed by atoms with E-state index in [0.29, 0.717) is 0 Å². The summed E-state index contributed by atoms with van der Waals surface area (Å²) in [6.07, 6.45) is 0.936. The van der Waals surface area contributed by atoms with Gasteiger partial charge in [-0.1, -0.05) is 25.1 Å². The molecule has 0 unspecified atom stereocenters. The minimum absolute atomic E-state index is 0.0216. The van der Waals surface area contributed by atoms with Gasteiger partial charge < -0.3 is 10.6 Å². The molecule has 100 valence electrons. The summed E-state index contributed by atoms with van der Waals surface area (Å²) in [6.45, 7) is 10.2. The first-order valence-electron chi connectivity index (χ1n) is 6.58. The van der Waals surface area contributed by atoms with Gasteiger partial charge in [0.15, 0.2) is 0 Å². The molecule has 0 aliphatic heterocycles. The molecule has 0 bridgehead atoms. The second-order valence-electron chi connectivity index (χ2n) is 4.99. The molecule has 1 aromatic carbocycles. The third kappa shape index (κ3) is 4.06. The van der Waals surface area contributed by atoms with Crippen molar-refractivity contribution in [3.05, 3.63) is 34.9 Å². The molecular formula is C15H24N2O. The molecule has 0 aliphatic carbocycles. The molecule has 3 nitrogen and oxygen atoms in total. The summed E-state index contributed by atoms with van der Waals surface area (Å²) >= 11 is 0.